The minimum absolute atomic E-state index is 0.0573. The molecule has 1 aliphatic rings. The topological polar surface area (TPSA) is 129 Å². The van der Waals surface area contributed by atoms with Gasteiger partial charge in [0.25, 0.3) is 11.5 Å². The van der Waals surface area contributed by atoms with Gasteiger partial charge in [-0.3, -0.25) is 14.2 Å². The summed E-state index contributed by atoms with van der Waals surface area (Å²) in [7, 11) is 0. The molecule has 2 aromatic carbocycles. The van der Waals surface area contributed by atoms with E-state index in [1.165, 1.54) is 9.08 Å². The Hall–Kier alpha value is -5.01. The number of nitrogen functional groups attached to an aromatic ring is 1. The molecule has 0 aliphatic carbocycles. The van der Waals surface area contributed by atoms with E-state index in [1.807, 2.05) is 42.5 Å². The van der Waals surface area contributed by atoms with Gasteiger partial charge in [0.2, 0.25) is 0 Å². The Bertz CT molecular complexity index is 1910. The number of rotatable bonds is 4. The van der Waals surface area contributed by atoms with Crippen LogP contribution in [0.15, 0.2) is 71.8 Å². The van der Waals surface area contributed by atoms with Crippen LogP contribution in [0, 0.1) is 17.8 Å². The lowest BCUT2D eigenvalue weighted by atomic mass is 9.93. The first kappa shape index (κ1) is 27.2. The van der Waals surface area contributed by atoms with Crippen LogP contribution in [0.4, 0.5) is 5.82 Å². The first-order valence-electron chi connectivity index (χ1n) is 14.0. The van der Waals surface area contributed by atoms with Crippen molar-refractivity contribution in [1.29, 1.82) is 0 Å². The van der Waals surface area contributed by atoms with Gasteiger partial charge in [-0.1, -0.05) is 36.1 Å². The van der Waals surface area contributed by atoms with Crippen molar-refractivity contribution < 1.29 is 9.53 Å². The number of anilines is 1. The van der Waals surface area contributed by atoms with Gasteiger partial charge in [0.15, 0.2) is 11.5 Å². The molecule has 42 heavy (non-hydrogen) atoms. The van der Waals surface area contributed by atoms with Crippen molar-refractivity contribution in [3.8, 4) is 17.5 Å². The third kappa shape index (κ3) is 5.10. The third-order valence-electron chi connectivity index (χ3n) is 7.43. The molecule has 212 valence electrons. The highest BCUT2D eigenvalue weighted by Crippen LogP contribution is 2.25. The van der Waals surface area contributed by atoms with Crippen molar-refractivity contribution in [3.05, 3.63) is 94.3 Å². The lowest BCUT2D eigenvalue weighted by molar-refractivity contribution is -0.0419. The normalized spacial score (nSPS) is 19.3. The average Bonchev–Trinajstić information content (AvgIpc) is 3.31. The van der Waals surface area contributed by atoms with E-state index in [-0.39, 0.29) is 35.1 Å². The zero-order valence-corrected chi connectivity index (χ0v) is 23.6. The molecule has 6 rings (SSSR count). The summed E-state index contributed by atoms with van der Waals surface area (Å²) >= 11 is 0. The second kappa shape index (κ2) is 11.1. The number of nitrogens with one attached hydrogen (secondary N) is 1. The first-order valence-corrected chi connectivity index (χ1v) is 14.0. The molecule has 5 aromatic rings. The van der Waals surface area contributed by atoms with Crippen LogP contribution < -0.4 is 16.6 Å². The Morgan fingerprint density at radius 1 is 1.10 bits per heavy atom. The van der Waals surface area contributed by atoms with Gasteiger partial charge in [0.05, 0.1) is 34.8 Å². The fourth-order valence-electron chi connectivity index (χ4n) is 5.63. The molecule has 0 radical (unpaired) electrons. The number of carbonyl (C=O) groups excluding carboxylic acids is 1. The monoisotopic (exact) mass is 561 g/mol. The van der Waals surface area contributed by atoms with Gasteiger partial charge in [-0.25, -0.2) is 14.5 Å². The summed E-state index contributed by atoms with van der Waals surface area (Å²) in [5.74, 6) is 6.80. The van der Waals surface area contributed by atoms with Crippen molar-refractivity contribution in [2.24, 2.45) is 5.92 Å². The number of nitrogens with zero attached hydrogens (tertiary/aromatic N) is 5. The molecule has 4 heterocycles. The number of amides is 1. The molecule has 3 aromatic heterocycles. The number of aromatic nitrogens is 5. The summed E-state index contributed by atoms with van der Waals surface area (Å²) in [5, 5.41) is 7.57. The molecule has 0 spiro atoms. The number of para-hydroxylation sites is 1. The van der Waals surface area contributed by atoms with E-state index in [4.69, 9.17) is 15.5 Å². The summed E-state index contributed by atoms with van der Waals surface area (Å²) in [5.41, 5.74) is 8.05. The first-order chi connectivity index (χ1) is 20.3. The van der Waals surface area contributed by atoms with E-state index in [1.54, 1.807) is 31.5 Å². The van der Waals surface area contributed by atoms with Crippen molar-refractivity contribution in [2.45, 2.75) is 51.9 Å². The molecular weight excluding hydrogens is 530 g/mol. The summed E-state index contributed by atoms with van der Waals surface area (Å²) in [6, 6.07) is 15.8. The maximum atomic E-state index is 14.3. The molecule has 1 aliphatic heterocycles. The van der Waals surface area contributed by atoms with Crippen LogP contribution in [-0.2, 0) is 4.74 Å². The second-order valence-corrected chi connectivity index (χ2v) is 10.7. The number of carbonyl (C=O) groups is 1. The summed E-state index contributed by atoms with van der Waals surface area (Å²) in [4.78, 5) is 36.8. The largest absolute Gasteiger partial charge is 0.381 e. The average molecular weight is 562 g/mol. The molecule has 10 nitrogen and oxygen atoms in total. The van der Waals surface area contributed by atoms with Crippen molar-refractivity contribution in [1.82, 2.24) is 29.5 Å². The number of fused-ring (bicyclic) bond motifs is 2. The van der Waals surface area contributed by atoms with Crippen LogP contribution >= 0.6 is 0 Å². The Balaban J connectivity index is 1.43. The molecule has 1 fully saturated rings. The molecule has 1 saturated heterocycles. The number of nitrogens with two attached hydrogens (primary N) is 1. The summed E-state index contributed by atoms with van der Waals surface area (Å²) in [6.07, 6.45) is 5.22. The van der Waals surface area contributed by atoms with Gasteiger partial charge in [-0.2, -0.15) is 0 Å². The van der Waals surface area contributed by atoms with Crippen LogP contribution in [-0.4, -0.2) is 42.3 Å². The SMILES string of the molecule is CC1CC(C#Cc2cccc3nc([C@H](C)NC(=O)c4c(N)nn5cccnc45)n(-c4ccccc4)c(=O)c23)CC(C)O1. The van der Waals surface area contributed by atoms with Gasteiger partial charge >= 0.3 is 0 Å². The van der Waals surface area contributed by atoms with E-state index in [2.05, 4.69) is 41.1 Å². The highest BCUT2D eigenvalue weighted by Gasteiger charge is 2.25. The molecule has 3 N–H and O–H groups in total. The number of hydrogen-bond acceptors (Lipinski definition) is 7. The van der Waals surface area contributed by atoms with Crippen LogP contribution in [0.1, 0.15) is 61.4 Å². The molecule has 3 atom stereocenters. The number of benzene rings is 2. The van der Waals surface area contributed by atoms with E-state index in [0.717, 1.165) is 12.8 Å². The molecule has 10 heteroatoms. The van der Waals surface area contributed by atoms with Gasteiger partial charge in [0, 0.05) is 23.9 Å². The Kier molecular flexibility index (Phi) is 7.19. The zero-order valence-electron chi connectivity index (χ0n) is 23.6. The zero-order chi connectivity index (χ0) is 29.4. The van der Waals surface area contributed by atoms with Crippen LogP contribution in [0.25, 0.3) is 22.2 Å². The molecule has 1 amide bonds. The minimum atomic E-state index is -0.673. The van der Waals surface area contributed by atoms with Gasteiger partial charge in [-0.05, 0) is 63.9 Å². The summed E-state index contributed by atoms with van der Waals surface area (Å²) < 4.78 is 8.85. The minimum Gasteiger partial charge on any atom is -0.381 e. The lowest BCUT2D eigenvalue weighted by Gasteiger charge is -2.29. The van der Waals surface area contributed by atoms with E-state index < -0.39 is 11.9 Å². The van der Waals surface area contributed by atoms with E-state index in [9.17, 15) is 9.59 Å². The highest BCUT2D eigenvalue weighted by atomic mass is 16.5. The fourth-order valence-corrected chi connectivity index (χ4v) is 5.63. The fraction of sp³-hybridized carbons (Fsp3) is 0.281. The third-order valence-corrected chi connectivity index (χ3v) is 7.43. The predicted octanol–water partition coefficient (Wildman–Crippen LogP) is 4.06. The number of hydrogen-bond donors (Lipinski definition) is 2. The van der Waals surface area contributed by atoms with Gasteiger partial charge in [-0.15, -0.1) is 5.10 Å². The van der Waals surface area contributed by atoms with Crippen LogP contribution in [0.3, 0.4) is 0 Å². The Morgan fingerprint density at radius 3 is 2.62 bits per heavy atom. The molecule has 0 saturated carbocycles. The lowest BCUT2D eigenvalue weighted by Crippen LogP contribution is -2.33. The molecule has 2 unspecified atom stereocenters. The van der Waals surface area contributed by atoms with Crippen molar-refractivity contribution in [2.75, 3.05) is 5.73 Å². The quantitative estimate of drug-likeness (QED) is 0.317. The smallest absolute Gasteiger partial charge is 0.267 e. The van der Waals surface area contributed by atoms with Crippen molar-refractivity contribution >= 4 is 28.3 Å². The van der Waals surface area contributed by atoms with Gasteiger partial charge in [0.1, 0.15) is 11.4 Å². The Labute approximate surface area is 242 Å². The van der Waals surface area contributed by atoms with E-state index in [0.29, 0.717) is 33.6 Å². The van der Waals surface area contributed by atoms with Crippen molar-refractivity contribution in [3.63, 3.8) is 0 Å². The van der Waals surface area contributed by atoms with Gasteiger partial charge < -0.3 is 15.8 Å². The molecule has 0 bridgehead atoms. The predicted molar refractivity (Wildman–Crippen MR) is 160 cm³/mol. The standard InChI is InChI=1S/C32H31N7O3/c1-19-17-22(18-20(2)42-19)13-14-23-9-7-12-25-26(23)32(41)39(24-10-5-4-6-11-24)29(36-25)21(3)35-31(40)27-28(33)37-38-16-8-15-34-30(27)38/h4-12,15-16,19-22H,17-18H2,1-3H3,(H2,33,37)(H,35,40)/t19?,20?,21-,22?/m0/s1. The Morgan fingerprint density at radius 2 is 1.86 bits per heavy atom. The second-order valence-electron chi connectivity index (χ2n) is 10.7. The maximum absolute atomic E-state index is 14.3. The van der Waals surface area contributed by atoms with E-state index >= 15 is 0 Å². The maximum Gasteiger partial charge on any atom is 0.267 e. The summed E-state index contributed by atoms with van der Waals surface area (Å²) in [6.45, 7) is 5.90. The number of ether oxygens (including phenoxy) is 1. The molecular formula is C32H31N7O3. The van der Waals surface area contributed by atoms with Crippen LogP contribution in [0.5, 0.6) is 0 Å². The highest BCUT2D eigenvalue weighted by molar-refractivity contribution is 6.04. The van der Waals surface area contributed by atoms with Crippen LogP contribution in [0.2, 0.25) is 0 Å².